The zero-order valence-electron chi connectivity index (χ0n) is 14.9. The van der Waals surface area contributed by atoms with Gasteiger partial charge >= 0.3 is 10.1 Å². The molecule has 1 aliphatic rings. The summed E-state index contributed by atoms with van der Waals surface area (Å²) in [7, 11) is -3.56. The van der Waals surface area contributed by atoms with E-state index in [-0.39, 0.29) is 11.0 Å². The molecule has 9 heteroatoms. The summed E-state index contributed by atoms with van der Waals surface area (Å²) in [5, 5.41) is 1.84. The molecule has 1 aliphatic heterocycles. The molecule has 0 spiro atoms. The van der Waals surface area contributed by atoms with Gasteiger partial charge in [0.15, 0.2) is 0 Å². The Bertz CT molecular complexity index is 1030. The van der Waals surface area contributed by atoms with Gasteiger partial charge in [0.1, 0.15) is 11.5 Å². The highest BCUT2D eigenvalue weighted by atomic mass is 32.2. The molecule has 0 radical (unpaired) electrons. The molecule has 0 bridgehead atoms. The van der Waals surface area contributed by atoms with Gasteiger partial charge in [0, 0.05) is 6.42 Å². The van der Waals surface area contributed by atoms with Crippen LogP contribution in [0.5, 0.6) is 11.5 Å². The first-order chi connectivity index (χ1) is 13.3. The molecule has 2 aromatic rings. The van der Waals surface area contributed by atoms with Crippen LogP contribution < -0.4 is 14.2 Å². The number of rotatable bonds is 7. The van der Waals surface area contributed by atoms with Crippen molar-refractivity contribution in [3.05, 3.63) is 64.6 Å². The molecule has 0 saturated carbocycles. The van der Waals surface area contributed by atoms with Gasteiger partial charge in [-0.15, -0.1) is 0 Å². The van der Waals surface area contributed by atoms with Crippen molar-refractivity contribution < 1.29 is 26.9 Å². The fraction of sp³-hybridized carbons (Fsp3) is 0.158. The molecule has 146 valence electrons. The van der Waals surface area contributed by atoms with Crippen LogP contribution in [0.1, 0.15) is 11.1 Å². The van der Waals surface area contributed by atoms with Crippen molar-refractivity contribution in [1.29, 1.82) is 0 Å². The second-order valence-corrected chi connectivity index (χ2v) is 8.54. The summed E-state index contributed by atoms with van der Waals surface area (Å²) in [6, 6.07) is 13.9. The number of amides is 2. The number of carbonyl (C=O) groups excluding carboxylic acids is 2. The molecular formula is C19H17NO6S2. The Balaban J connectivity index is 1.54. The Morgan fingerprint density at radius 1 is 1.07 bits per heavy atom. The van der Waals surface area contributed by atoms with Gasteiger partial charge in [0.05, 0.1) is 17.8 Å². The van der Waals surface area contributed by atoms with Crippen LogP contribution in [0.3, 0.4) is 0 Å². The van der Waals surface area contributed by atoms with E-state index in [9.17, 15) is 18.0 Å². The minimum absolute atomic E-state index is 0.268. The lowest BCUT2D eigenvalue weighted by molar-refractivity contribution is -0.115. The van der Waals surface area contributed by atoms with Crippen molar-refractivity contribution in [2.75, 3.05) is 12.9 Å². The van der Waals surface area contributed by atoms with Crippen molar-refractivity contribution in [1.82, 2.24) is 5.32 Å². The van der Waals surface area contributed by atoms with Gasteiger partial charge in [-0.25, -0.2) is 0 Å². The number of carbonyl (C=O) groups is 2. The lowest BCUT2D eigenvalue weighted by Gasteiger charge is -2.08. The molecule has 0 aliphatic carbocycles. The molecule has 7 nitrogen and oxygen atoms in total. The van der Waals surface area contributed by atoms with Crippen LogP contribution in [0.15, 0.2) is 53.4 Å². The molecule has 2 aromatic carbocycles. The zero-order valence-corrected chi connectivity index (χ0v) is 16.5. The third-order valence-corrected chi connectivity index (χ3v) is 4.93. The van der Waals surface area contributed by atoms with Gasteiger partial charge in [-0.05, 0) is 53.2 Å². The SMILES string of the molecule is CS(=O)(=O)Oc1cccc(CCOc2ccc(/C=C3\SC(=O)NC3=O)cc2)c1. The quantitative estimate of drug-likeness (QED) is 0.544. The summed E-state index contributed by atoms with van der Waals surface area (Å²) in [5.74, 6) is 0.535. The molecule has 1 saturated heterocycles. The third kappa shape index (κ3) is 5.86. The predicted molar refractivity (Wildman–Crippen MR) is 107 cm³/mol. The topological polar surface area (TPSA) is 98.8 Å². The molecule has 28 heavy (non-hydrogen) atoms. The van der Waals surface area contributed by atoms with Crippen molar-refractivity contribution in [2.24, 2.45) is 0 Å². The number of ether oxygens (including phenoxy) is 1. The first-order valence-corrected chi connectivity index (χ1v) is 10.9. The average molecular weight is 419 g/mol. The molecule has 1 N–H and O–H groups in total. The molecule has 3 rings (SSSR count). The van der Waals surface area contributed by atoms with Gasteiger partial charge in [-0.2, -0.15) is 8.42 Å². The highest BCUT2D eigenvalue weighted by Crippen LogP contribution is 2.26. The summed E-state index contributed by atoms with van der Waals surface area (Å²) in [5.41, 5.74) is 1.67. The second kappa shape index (κ2) is 8.49. The van der Waals surface area contributed by atoms with Crippen LogP contribution in [0.25, 0.3) is 6.08 Å². The normalized spacial score (nSPS) is 15.5. The highest BCUT2D eigenvalue weighted by molar-refractivity contribution is 8.18. The Morgan fingerprint density at radius 3 is 2.46 bits per heavy atom. The van der Waals surface area contributed by atoms with E-state index in [1.165, 1.54) is 0 Å². The second-order valence-electron chi connectivity index (χ2n) is 5.95. The van der Waals surface area contributed by atoms with Crippen LogP contribution in [0.4, 0.5) is 4.79 Å². The van der Waals surface area contributed by atoms with Gasteiger partial charge in [0.2, 0.25) is 0 Å². The molecule has 1 fully saturated rings. The van der Waals surface area contributed by atoms with Crippen LogP contribution in [-0.2, 0) is 21.3 Å². The largest absolute Gasteiger partial charge is 0.493 e. The van der Waals surface area contributed by atoms with Crippen molar-refractivity contribution in [2.45, 2.75) is 6.42 Å². The number of thioether (sulfide) groups is 1. The fourth-order valence-electron chi connectivity index (χ4n) is 2.45. The standard InChI is InChI=1S/C19H17NO6S2/c1-28(23,24)26-16-4-2-3-13(11-16)9-10-25-15-7-5-14(6-8-15)12-17-18(21)20-19(22)27-17/h2-8,11-12H,9-10H2,1H3,(H,20,21,22)/b17-12-. The number of nitrogens with one attached hydrogen (secondary N) is 1. The fourth-order valence-corrected chi connectivity index (χ4v) is 3.58. The van der Waals surface area contributed by atoms with Gasteiger partial charge in [-0.1, -0.05) is 24.3 Å². The molecule has 0 unspecified atom stereocenters. The maximum atomic E-state index is 11.5. The van der Waals surface area contributed by atoms with Crippen LogP contribution in [0.2, 0.25) is 0 Å². The van der Waals surface area contributed by atoms with E-state index in [1.54, 1.807) is 48.5 Å². The van der Waals surface area contributed by atoms with E-state index in [0.29, 0.717) is 23.7 Å². The van der Waals surface area contributed by atoms with E-state index >= 15 is 0 Å². The van der Waals surface area contributed by atoms with E-state index in [4.69, 9.17) is 8.92 Å². The number of hydrogen-bond acceptors (Lipinski definition) is 7. The van der Waals surface area contributed by atoms with Crippen molar-refractivity contribution >= 4 is 39.1 Å². The Kier molecular flexibility index (Phi) is 6.05. The van der Waals surface area contributed by atoms with Gasteiger partial charge in [0.25, 0.3) is 11.1 Å². The first-order valence-electron chi connectivity index (χ1n) is 8.25. The minimum atomic E-state index is -3.56. The molecule has 0 atom stereocenters. The third-order valence-electron chi connectivity index (χ3n) is 3.63. The number of hydrogen-bond donors (Lipinski definition) is 1. The smallest absolute Gasteiger partial charge is 0.306 e. The summed E-state index contributed by atoms with van der Waals surface area (Å²) in [4.78, 5) is 23.1. The van der Waals surface area contributed by atoms with E-state index in [1.807, 2.05) is 6.07 Å². The van der Waals surface area contributed by atoms with Gasteiger partial charge in [-0.3, -0.25) is 14.9 Å². The van der Waals surface area contributed by atoms with Crippen LogP contribution >= 0.6 is 11.8 Å². The molecule has 1 heterocycles. The monoisotopic (exact) mass is 419 g/mol. The zero-order chi connectivity index (χ0) is 20.1. The first kappa shape index (κ1) is 20.0. The minimum Gasteiger partial charge on any atom is -0.493 e. The molecule has 2 amide bonds. The molecular weight excluding hydrogens is 402 g/mol. The maximum Gasteiger partial charge on any atom is 0.306 e. The van der Waals surface area contributed by atoms with Crippen LogP contribution in [0, 0.1) is 0 Å². The molecule has 0 aromatic heterocycles. The number of benzene rings is 2. The number of imide groups is 1. The predicted octanol–water partition coefficient (Wildman–Crippen LogP) is 2.97. The van der Waals surface area contributed by atoms with Crippen molar-refractivity contribution in [3.8, 4) is 11.5 Å². The summed E-state index contributed by atoms with van der Waals surface area (Å²) in [6.07, 6.45) is 3.21. The maximum absolute atomic E-state index is 11.5. The lowest BCUT2D eigenvalue weighted by atomic mass is 10.1. The van der Waals surface area contributed by atoms with Crippen molar-refractivity contribution in [3.63, 3.8) is 0 Å². The lowest BCUT2D eigenvalue weighted by Crippen LogP contribution is -2.17. The van der Waals surface area contributed by atoms with Crippen LogP contribution in [-0.4, -0.2) is 32.4 Å². The van der Waals surface area contributed by atoms with Gasteiger partial charge < -0.3 is 8.92 Å². The Hall–Kier alpha value is -2.78. The summed E-state index contributed by atoms with van der Waals surface area (Å²) < 4.78 is 32.9. The Morgan fingerprint density at radius 2 is 1.82 bits per heavy atom. The van der Waals surface area contributed by atoms with E-state index < -0.39 is 16.0 Å². The Labute approximate surface area is 166 Å². The van der Waals surface area contributed by atoms with E-state index in [0.717, 1.165) is 29.1 Å². The summed E-state index contributed by atoms with van der Waals surface area (Å²) >= 11 is 0.871. The van der Waals surface area contributed by atoms with E-state index in [2.05, 4.69) is 5.32 Å². The average Bonchev–Trinajstić information content (AvgIpc) is 2.92. The summed E-state index contributed by atoms with van der Waals surface area (Å²) in [6.45, 7) is 0.398. The highest BCUT2D eigenvalue weighted by Gasteiger charge is 2.24.